The van der Waals surface area contributed by atoms with E-state index in [9.17, 15) is 12.8 Å². The fraction of sp³-hybridized carbons (Fsp3) is 0.333. The normalized spacial score (nSPS) is 11.3. The van der Waals surface area contributed by atoms with E-state index in [0.717, 1.165) is 11.6 Å². The molecule has 0 bridgehead atoms. The minimum Gasteiger partial charge on any atom is -0.493 e. The van der Waals surface area contributed by atoms with E-state index in [4.69, 9.17) is 14.2 Å². The van der Waals surface area contributed by atoms with E-state index < -0.39 is 15.8 Å². The highest BCUT2D eigenvalue weighted by molar-refractivity contribution is 7.89. The van der Waals surface area contributed by atoms with Crippen LogP contribution in [0.5, 0.6) is 17.2 Å². The number of halogens is 1. The van der Waals surface area contributed by atoms with Crippen LogP contribution in [-0.2, 0) is 16.4 Å². The third kappa shape index (κ3) is 4.44. The lowest BCUT2D eigenvalue weighted by molar-refractivity contribution is 0.324. The number of benzene rings is 2. The highest BCUT2D eigenvalue weighted by Crippen LogP contribution is 2.38. The molecule has 142 valence electrons. The molecule has 0 spiro atoms. The Bertz CT molecular complexity index is 858. The van der Waals surface area contributed by atoms with E-state index >= 15 is 0 Å². The highest BCUT2D eigenvalue weighted by Gasteiger charge is 2.17. The zero-order valence-corrected chi connectivity index (χ0v) is 15.9. The molecule has 0 aromatic heterocycles. The first-order valence-electron chi connectivity index (χ1n) is 7.87. The maximum absolute atomic E-state index is 13.2. The molecular formula is C18H22FNO5S. The first-order chi connectivity index (χ1) is 12.3. The second-order valence-electron chi connectivity index (χ2n) is 5.59. The summed E-state index contributed by atoms with van der Waals surface area (Å²) >= 11 is 0. The predicted octanol–water partition coefficient (Wildman–Crippen LogP) is 2.68. The molecule has 2 aromatic rings. The first kappa shape index (κ1) is 20.0. The van der Waals surface area contributed by atoms with Crippen molar-refractivity contribution in [2.45, 2.75) is 18.2 Å². The lowest BCUT2D eigenvalue weighted by atomic mass is 10.1. The van der Waals surface area contributed by atoms with Crippen molar-refractivity contribution < 1.29 is 27.0 Å². The Kier molecular flexibility index (Phi) is 6.44. The molecule has 26 heavy (non-hydrogen) atoms. The van der Waals surface area contributed by atoms with Crippen molar-refractivity contribution in [3.05, 3.63) is 47.3 Å². The van der Waals surface area contributed by atoms with E-state index in [2.05, 4.69) is 4.72 Å². The van der Waals surface area contributed by atoms with Gasteiger partial charge in [0.25, 0.3) is 0 Å². The van der Waals surface area contributed by atoms with E-state index in [1.165, 1.54) is 33.5 Å². The Morgan fingerprint density at radius 2 is 1.62 bits per heavy atom. The van der Waals surface area contributed by atoms with E-state index in [-0.39, 0.29) is 11.4 Å². The molecule has 0 atom stereocenters. The van der Waals surface area contributed by atoms with Crippen LogP contribution in [0.1, 0.15) is 11.1 Å². The molecule has 2 rings (SSSR count). The van der Waals surface area contributed by atoms with Gasteiger partial charge in [0.2, 0.25) is 15.8 Å². The second kappa shape index (κ2) is 8.37. The maximum atomic E-state index is 13.2. The zero-order chi connectivity index (χ0) is 19.3. The van der Waals surface area contributed by atoms with Gasteiger partial charge < -0.3 is 14.2 Å². The third-order valence-electron chi connectivity index (χ3n) is 3.86. The third-order valence-corrected chi connectivity index (χ3v) is 5.48. The van der Waals surface area contributed by atoms with Crippen LogP contribution in [-0.4, -0.2) is 36.3 Å². The number of sulfonamides is 1. The average Bonchev–Trinajstić information content (AvgIpc) is 2.60. The molecule has 0 heterocycles. The van der Waals surface area contributed by atoms with Crippen LogP contribution in [0.4, 0.5) is 4.39 Å². The van der Waals surface area contributed by atoms with Gasteiger partial charge in [0, 0.05) is 6.54 Å². The topological polar surface area (TPSA) is 73.9 Å². The standard InChI is InChI=1S/C18H22FNO5S/c1-12-9-14(19)5-6-17(12)26(21,22)20-8-7-13-10-15(23-2)18(25-4)16(11-13)24-3/h5-6,9-11,20H,7-8H2,1-4H3. The van der Waals surface area contributed by atoms with Gasteiger partial charge >= 0.3 is 0 Å². The molecule has 0 fully saturated rings. The van der Waals surface area contributed by atoms with Crippen molar-refractivity contribution in [1.82, 2.24) is 4.72 Å². The lowest BCUT2D eigenvalue weighted by Crippen LogP contribution is -2.26. The summed E-state index contributed by atoms with van der Waals surface area (Å²) in [6.45, 7) is 1.72. The molecule has 0 aliphatic heterocycles. The Balaban J connectivity index is 2.14. The molecule has 8 heteroatoms. The van der Waals surface area contributed by atoms with Crippen LogP contribution in [0.2, 0.25) is 0 Å². The fourth-order valence-corrected chi connectivity index (χ4v) is 3.86. The van der Waals surface area contributed by atoms with Crippen molar-refractivity contribution in [3.8, 4) is 17.2 Å². The van der Waals surface area contributed by atoms with Crippen molar-refractivity contribution in [3.63, 3.8) is 0 Å². The van der Waals surface area contributed by atoms with Gasteiger partial charge in [0.15, 0.2) is 11.5 Å². The van der Waals surface area contributed by atoms with Crippen LogP contribution >= 0.6 is 0 Å². The van der Waals surface area contributed by atoms with Gasteiger partial charge in [-0.1, -0.05) is 0 Å². The summed E-state index contributed by atoms with van der Waals surface area (Å²) in [6.07, 6.45) is 0.413. The quantitative estimate of drug-likeness (QED) is 0.759. The van der Waals surface area contributed by atoms with Gasteiger partial charge in [-0.3, -0.25) is 0 Å². The summed E-state index contributed by atoms with van der Waals surface area (Å²) in [6, 6.07) is 7.10. The largest absolute Gasteiger partial charge is 0.493 e. The van der Waals surface area contributed by atoms with Gasteiger partial charge in [0.05, 0.1) is 26.2 Å². The fourth-order valence-electron chi connectivity index (χ4n) is 2.60. The zero-order valence-electron chi connectivity index (χ0n) is 15.1. The van der Waals surface area contributed by atoms with Crippen LogP contribution in [0.3, 0.4) is 0 Å². The van der Waals surface area contributed by atoms with Gasteiger partial charge in [-0.25, -0.2) is 17.5 Å². The van der Waals surface area contributed by atoms with Gasteiger partial charge in [0.1, 0.15) is 5.82 Å². The van der Waals surface area contributed by atoms with Crippen molar-refractivity contribution in [1.29, 1.82) is 0 Å². The van der Waals surface area contributed by atoms with Crippen molar-refractivity contribution >= 4 is 10.0 Å². The SMILES string of the molecule is COc1cc(CCNS(=O)(=O)c2ccc(F)cc2C)cc(OC)c1OC. The first-order valence-corrected chi connectivity index (χ1v) is 9.35. The summed E-state index contributed by atoms with van der Waals surface area (Å²) in [4.78, 5) is 0.0591. The molecular weight excluding hydrogens is 361 g/mol. The Morgan fingerprint density at radius 3 is 2.12 bits per heavy atom. The van der Waals surface area contributed by atoms with Crippen molar-refractivity contribution in [2.24, 2.45) is 0 Å². The van der Waals surface area contributed by atoms with Crippen LogP contribution in [0.25, 0.3) is 0 Å². The number of rotatable bonds is 8. The minimum atomic E-state index is -3.73. The molecule has 0 saturated carbocycles. The number of hydrogen-bond donors (Lipinski definition) is 1. The predicted molar refractivity (Wildman–Crippen MR) is 96.1 cm³/mol. The maximum Gasteiger partial charge on any atom is 0.240 e. The molecule has 6 nitrogen and oxygen atoms in total. The number of nitrogens with one attached hydrogen (secondary N) is 1. The lowest BCUT2D eigenvalue weighted by Gasteiger charge is -2.14. The summed E-state index contributed by atoms with van der Waals surface area (Å²) < 4.78 is 56.3. The summed E-state index contributed by atoms with van der Waals surface area (Å²) in [7, 11) is 0.817. The molecule has 0 unspecified atom stereocenters. The van der Waals surface area contributed by atoms with Crippen molar-refractivity contribution in [2.75, 3.05) is 27.9 Å². The number of ether oxygens (including phenoxy) is 3. The number of methoxy groups -OCH3 is 3. The molecule has 0 aliphatic carbocycles. The van der Waals surface area contributed by atoms with Gasteiger partial charge in [-0.05, 0) is 54.8 Å². The van der Waals surface area contributed by atoms with E-state index in [0.29, 0.717) is 29.2 Å². The van der Waals surface area contributed by atoms with E-state index in [1.807, 2.05) is 0 Å². The summed E-state index contributed by atoms with van der Waals surface area (Å²) in [5, 5.41) is 0. The molecule has 0 aliphatic rings. The number of aryl methyl sites for hydroxylation is 1. The van der Waals surface area contributed by atoms with Gasteiger partial charge in [-0.15, -0.1) is 0 Å². The average molecular weight is 383 g/mol. The highest BCUT2D eigenvalue weighted by atomic mass is 32.2. The number of hydrogen-bond acceptors (Lipinski definition) is 5. The Labute approximate surface area is 152 Å². The smallest absolute Gasteiger partial charge is 0.240 e. The summed E-state index contributed by atoms with van der Waals surface area (Å²) in [5.74, 6) is 0.998. The Hall–Kier alpha value is -2.32. The van der Waals surface area contributed by atoms with Crippen LogP contribution in [0.15, 0.2) is 35.2 Å². The minimum absolute atomic E-state index is 0.0591. The molecule has 0 saturated heterocycles. The molecule has 0 amide bonds. The van der Waals surface area contributed by atoms with Gasteiger partial charge in [-0.2, -0.15) is 0 Å². The van der Waals surface area contributed by atoms with Crippen LogP contribution < -0.4 is 18.9 Å². The summed E-state index contributed by atoms with van der Waals surface area (Å²) in [5.41, 5.74) is 1.17. The Morgan fingerprint density at radius 1 is 1.00 bits per heavy atom. The molecule has 2 aromatic carbocycles. The molecule has 0 radical (unpaired) electrons. The molecule has 1 N–H and O–H groups in total. The van der Waals surface area contributed by atoms with Crippen LogP contribution in [0, 0.1) is 12.7 Å². The monoisotopic (exact) mass is 383 g/mol. The van der Waals surface area contributed by atoms with E-state index in [1.54, 1.807) is 19.1 Å². The second-order valence-corrected chi connectivity index (χ2v) is 7.33.